The van der Waals surface area contributed by atoms with Crippen LogP contribution in [0.15, 0.2) is 30.3 Å². The standard InChI is InChI=1S/C15H22N2OS/c16-17-15(18)14(12-7-3-1-4-8-12)11-19-13-9-5-2-6-10-13/h1,3-4,7-8,13-14H,2,5-6,9-11,16H2,(H,17,18). The molecule has 1 saturated carbocycles. The second-order valence-electron chi connectivity index (χ2n) is 5.07. The maximum absolute atomic E-state index is 11.9. The van der Waals surface area contributed by atoms with Gasteiger partial charge in [0.25, 0.3) is 0 Å². The van der Waals surface area contributed by atoms with Crippen LogP contribution in [0.4, 0.5) is 0 Å². The molecule has 0 heterocycles. The molecule has 1 aromatic carbocycles. The van der Waals surface area contributed by atoms with Crippen LogP contribution in [0, 0.1) is 0 Å². The Morgan fingerprint density at radius 3 is 2.58 bits per heavy atom. The van der Waals surface area contributed by atoms with Crippen LogP contribution in [0.1, 0.15) is 43.6 Å². The smallest absolute Gasteiger partial charge is 0.242 e. The SMILES string of the molecule is NNC(=O)C(CSC1CCCCC1)c1ccccc1. The topological polar surface area (TPSA) is 55.1 Å². The first-order chi connectivity index (χ1) is 9.31. The highest BCUT2D eigenvalue weighted by Crippen LogP contribution is 2.31. The van der Waals surface area contributed by atoms with E-state index in [-0.39, 0.29) is 11.8 Å². The summed E-state index contributed by atoms with van der Waals surface area (Å²) in [5.41, 5.74) is 3.35. The molecule has 0 aromatic heterocycles. The van der Waals surface area contributed by atoms with E-state index in [0.29, 0.717) is 5.25 Å². The van der Waals surface area contributed by atoms with Crippen LogP contribution in [0.25, 0.3) is 0 Å². The third-order valence-electron chi connectivity index (χ3n) is 3.71. The fraction of sp³-hybridized carbons (Fsp3) is 0.533. The third kappa shape index (κ3) is 4.25. The summed E-state index contributed by atoms with van der Waals surface area (Å²) in [5, 5.41) is 0.713. The van der Waals surface area contributed by atoms with Gasteiger partial charge in [0.2, 0.25) is 5.91 Å². The van der Waals surface area contributed by atoms with Crippen molar-refractivity contribution in [1.29, 1.82) is 0 Å². The number of hydrogen-bond donors (Lipinski definition) is 2. The van der Waals surface area contributed by atoms with Crippen molar-refractivity contribution in [2.75, 3.05) is 5.75 Å². The lowest BCUT2D eigenvalue weighted by Crippen LogP contribution is -2.36. The molecular weight excluding hydrogens is 256 g/mol. The summed E-state index contributed by atoms with van der Waals surface area (Å²) in [5.74, 6) is 5.90. The minimum atomic E-state index is -0.141. The Bertz CT molecular complexity index is 390. The fourth-order valence-corrected chi connectivity index (χ4v) is 4.05. The van der Waals surface area contributed by atoms with Crippen LogP contribution >= 0.6 is 11.8 Å². The lowest BCUT2D eigenvalue weighted by Gasteiger charge is -2.23. The molecule has 2 rings (SSSR count). The van der Waals surface area contributed by atoms with Crippen molar-refractivity contribution in [3.63, 3.8) is 0 Å². The summed E-state index contributed by atoms with van der Waals surface area (Å²) in [6.07, 6.45) is 6.60. The van der Waals surface area contributed by atoms with Crippen molar-refractivity contribution >= 4 is 17.7 Å². The van der Waals surface area contributed by atoms with Gasteiger partial charge in [0.05, 0.1) is 5.92 Å². The molecule has 3 N–H and O–H groups in total. The summed E-state index contributed by atoms with van der Waals surface area (Å²) in [4.78, 5) is 11.9. The summed E-state index contributed by atoms with van der Waals surface area (Å²) in [7, 11) is 0. The number of hydrazine groups is 1. The van der Waals surface area contributed by atoms with Gasteiger partial charge >= 0.3 is 0 Å². The average molecular weight is 278 g/mol. The maximum atomic E-state index is 11.9. The van der Waals surface area contributed by atoms with Crippen LogP contribution in [0.5, 0.6) is 0 Å². The quantitative estimate of drug-likeness (QED) is 0.495. The molecule has 4 heteroatoms. The van der Waals surface area contributed by atoms with Crippen molar-refractivity contribution in [1.82, 2.24) is 5.43 Å². The van der Waals surface area contributed by atoms with Crippen LogP contribution in [-0.4, -0.2) is 16.9 Å². The minimum absolute atomic E-state index is 0.0884. The Kier molecular flexibility index (Phi) is 5.73. The van der Waals surface area contributed by atoms with Crippen molar-refractivity contribution in [2.24, 2.45) is 5.84 Å². The first-order valence-corrected chi connectivity index (χ1v) is 8.03. The van der Waals surface area contributed by atoms with Gasteiger partial charge in [-0.2, -0.15) is 11.8 Å². The highest BCUT2D eigenvalue weighted by Gasteiger charge is 2.22. The first-order valence-electron chi connectivity index (χ1n) is 6.98. The molecule has 19 heavy (non-hydrogen) atoms. The predicted molar refractivity (Wildman–Crippen MR) is 80.8 cm³/mol. The summed E-state index contributed by atoms with van der Waals surface area (Å²) < 4.78 is 0. The van der Waals surface area contributed by atoms with Gasteiger partial charge < -0.3 is 0 Å². The average Bonchev–Trinajstić information content (AvgIpc) is 2.49. The molecule has 0 radical (unpaired) electrons. The second kappa shape index (κ2) is 7.56. The molecule has 1 fully saturated rings. The third-order valence-corrected chi connectivity index (χ3v) is 5.18. The van der Waals surface area contributed by atoms with Crippen LogP contribution < -0.4 is 11.3 Å². The number of hydrogen-bond acceptors (Lipinski definition) is 3. The summed E-state index contributed by atoms with van der Waals surface area (Å²) in [6.45, 7) is 0. The van der Waals surface area contributed by atoms with E-state index in [1.807, 2.05) is 42.1 Å². The summed E-state index contributed by atoms with van der Waals surface area (Å²) >= 11 is 1.93. The number of carbonyl (C=O) groups is 1. The molecular formula is C15H22N2OS. The zero-order valence-electron chi connectivity index (χ0n) is 11.2. The molecule has 1 aliphatic rings. The van der Waals surface area contributed by atoms with Gasteiger partial charge in [0, 0.05) is 11.0 Å². The Morgan fingerprint density at radius 2 is 1.95 bits per heavy atom. The predicted octanol–water partition coefficient (Wildman–Crippen LogP) is 2.83. The number of amides is 1. The lowest BCUT2D eigenvalue weighted by molar-refractivity contribution is -0.122. The number of rotatable bonds is 5. The van der Waals surface area contributed by atoms with Gasteiger partial charge in [-0.25, -0.2) is 5.84 Å². The van der Waals surface area contributed by atoms with Crippen LogP contribution in [-0.2, 0) is 4.79 Å². The normalized spacial score (nSPS) is 17.9. The monoisotopic (exact) mass is 278 g/mol. The van der Waals surface area contributed by atoms with Gasteiger partial charge in [0.15, 0.2) is 0 Å². The van der Waals surface area contributed by atoms with E-state index in [2.05, 4.69) is 5.43 Å². The zero-order chi connectivity index (χ0) is 13.5. The van der Waals surface area contributed by atoms with Gasteiger partial charge in [-0.3, -0.25) is 10.2 Å². The lowest BCUT2D eigenvalue weighted by atomic mass is 10.00. The highest BCUT2D eigenvalue weighted by atomic mass is 32.2. The second-order valence-corrected chi connectivity index (χ2v) is 6.40. The van der Waals surface area contributed by atoms with Gasteiger partial charge in [0.1, 0.15) is 0 Å². The van der Waals surface area contributed by atoms with Gasteiger partial charge in [-0.15, -0.1) is 0 Å². The van der Waals surface area contributed by atoms with Crippen molar-refractivity contribution in [2.45, 2.75) is 43.3 Å². The zero-order valence-corrected chi connectivity index (χ0v) is 12.0. The van der Waals surface area contributed by atoms with Crippen LogP contribution in [0.2, 0.25) is 0 Å². The fourth-order valence-electron chi connectivity index (χ4n) is 2.57. The molecule has 0 saturated heterocycles. The van der Waals surface area contributed by atoms with E-state index in [1.165, 1.54) is 32.1 Å². The van der Waals surface area contributed by atoms with Crippen molar-refractivity contribution in [3.05, 3.63) is 35.9 Å². The molecule has 104 valence electrons. The molecule has 1 atom stereocenters. The van der Waals surface area contributed by atoms with E-state index < -0.39 is 0 Å². The molecule has 1 aliphatic carbocycles. The maximum Gasteiger partial charge on any atom is 0.242 e. The van der Waals surface area contributed by atoms with Crippen molar-refractivity contribution < 1.29 is 4.79 Å². The van der Waals surface area contributed by atoms with E-state index in [1.54, 1.807) is 0 Å². The molecule has 0 bridgehead atoms. The number of benzene rings is 1. The van der Waals surface area contributed by atoms with Crippen molar-refractivity contribution in [3.8, 4) is 0 Å². The van der Waals surface area contributed by atoms with Crippen LogP contribution in [0.3, 0.4) is 0 Å². The molecule has 1 aromatic rings. The van der Waals surface area contributed by atoms with E-state index in [9.17, 15) is 4.79 Å². The molecule has 1 unspecified atom stereocenters. The largest absolute Gasteiger partial charge is 0.294 e. The number of carbonyl (C=O) groups excluding carboxylic acids is 1. The molecule has 1 amide bonds. The van der Waals surface area contributed by atoms with E-state index >= 15 is 0 Å². The van der Waals surface area contributed by atoms with Gasteiger partial charge in [-0.1, -0.05) is 49.6 Å². The number of nitrogens with two attached hydrogens (primary N) is 1. The van der Waals surface area contributed by atoms with E-state index in [0.717, 1.165) is 11.3 Å². The highest BCUT2D eigenvalue weighted by molar-refractivity contribution is 7.99. The number of thioether (sulfide) groups is 1. The van der Waals surface area contributed by atoms with Gasteiger partial charge in [-0.05, 0) is 18.4 Å². The minimum Gasteiger partial charge on any atom is -0.294 e. The Hall–Kier alpha value is -1.00. The Morgan fingerprint density at radius 1 is 1.26 bits per heavy atom. The van der Waals surface area contributed by atoms with E-state index in [4.69, 9.17) is 5.84 Å². The molecule has 0 spiro atoms. The Balaban J connectivity index is 1.96. The molecule has 0 aliphatic heterocycles. The Labute approximate surface area is 119 Å². The first kappa shape index (κ1) is 14.4. The summed E-state index contributed by atoms with van der Waals surface area (Å²) in [6, 6.07) is 9.91. The number of nitrogens with one attached hydrogen (secondary N) is 1. The molecule has 3 nitrogen and oxygen atoms in total.